The first-order valence-electron chi connectivity index (χ1n) is 5.62. The molecule has 1 heterocycles. The Morgan fingerprint density at radius 1 is 1.47 bits per heavy atom. The number of morpholine rings is 1. The molecule has 0 N–H and O–H groups in total. The van der Waals surface area contributed by atoms with E-state index in [-0.39, 0.29) is 12.2 Å². The molecule has 1 saturated heterocycles. The third-order valence-corrected chi connectivity index (χ3v) is 3.96. The monoisotopic (exact) mass is 275 g/mol. The van der Waals surface area contributed by atoms with Crippen LogP contribution >= 0.6 is 15.9 Å². The summed E-state index contributed by atoms with van der Waals surface area (Å²) >= 11 is 3.42. The second kappa shape index (κ2) is 4.42. The summed E-state index contributed by atoms with van der Waals surface area (Å²) in [6.07, 6.45) is 1.40. The Morgan fingerprint density at radius 2 is 2.13 bits per heavy atom. The maximum Gasteiger partial charge on any atom is 0.226 e. The maximum atomic E-state index is 12.0. The van der Waals surface area contributed by atoms with Crippen molar-refractivity contribution in [3.05, 3.63) is 0 Å². The molecule has 4 atom stereocenters. The molecule has 1 aliphatic carbocycles. The van der Waals surface area contributed by atoms with E-state index in [1.807, 2.05) is 11.8 Å². The van der Waals surface area contributed by atoms with E-state index in [1.165, 1.54) is 0 Å². The number of nitrogens with zero attached hydrogens (tertiary/aromatic N) is 1. The molecular weight excluding hydrogens is 258 g/mol. The highest BCUT2D eigenvalue weighted by molar-refractivity contribution is 9.09. The van der Waals surface area contributed by atoms with Crippen LogP contribution in [0.2, 0.25) is 0 Å². The lowest BCUT2D eigenvalue weighted by Gasteiger charge is -2.36. The van der Waals surface area contributed by atoms with Crippen molar-refractivity contribution in [3.8, 4) is 0 Å². The summed E-state index contributed by atoms with van der Waals surface area (Å²) in [5, 5.41) is 0.807. The minimum Gasteiger partial charge on any atom is -0.371 e. The van der Waals surface area contributed by atoms with Crippen LogP contribution in [0.1, 0.15) is 20.3 Å². The number of hydrogen-bond donors (Lipinski definition) is 0. The first-order valence-corrected chi connectivity index (χ1v) is 6.74. The quantitative estimate of drug-likeness (QED) is 0.718. The number of amides is 1. The van der Waals surface area contributed by atoms with Gasteiger partial charge in [-0.05, 0) is 19.3 Å². The summed E-state index contributed by atoms with van der Waals surface area (Å²) in [5.74, 6) is 1.23. The van der Waals surface area contributed by atoms with Gasteiger partial charge in [-0.15, -0.1) is 0 Å². The minimum atomic E-state index is 0.159. The Bertz CT molecular complexity index is 259. The van der Waals surface area contributed by atoms with Crippen molar-refractivity contribution in [2.45, 2.75) is 32.5 Å². The lowest BCUT2D eigenvalue weighted by molar-refractivity contribution is -0.144. The molecule has 15 heavy (non-hydrogen) atoms. The van der Waals surface area contributed by atoms with E-state index >= 15 is 0 Å². The molecule has 4 heteroatoms. The first kappa shape index (κ1) is 11.4. The van der Waals surface area contributed by atoms with Crippen molar-refractivity contribution in [2.24, 2.45) is 11.8 Å². The van der Waals surface area contributed by atoms with Crippen LogP contribution in [0.5, 0.6) is 0 Å². The zero-order valence-electron chi connectivity index (χ0n) is 9.28. The van der Waals surface area contributed by atoms with Gasteiger partial charge in [0.2, 0.25) is 5.91 Å². The molecule has 1 aliphatic heterocycles. The lowest BCUT2D eigenvalue weighted by atomic mass is 10.2. The highest BCUT2D eigenvalue weighted by Gasteiger charge is 2.43. The molecule has 2 rings (SSSR count). The number of hydrogen-bond acceptors (Lipinski definition) is 2. The van der Waals surface area contributed by atoms with Gasteiger partial charge >= 0.3 is 0 Å². The van der Waals surface area contributed by atoms with Crippen LogP contribution in [0.4, 0.5) is 0 Å². The Kier molecular flexibility index (Phi) is 3.36. The van der Waals surface area contributed by atoms with Crippen LogP contribution in [0.3, 0.4) is 0 Å². The van der Waals surface area contributed by atoms with Gasteiger partial charge in [0.1, 0.15) is 0 Å². The predicted molar refractivity (Wildman–Crippen MR) is 62.0 cm³/mol. The van der Waals surface area contributed by atoms with Gasteiger partial charge in [-0.1, -0.05) is 22.9 Å². The van der Waals surface area contributed by atoms with E-state index in [9.17, 15) is 4.79 Å². The Hall–Kier alpha value is -0.0900. The van der Waals surface area contributed by atoms with Crippen LogP contribution in [-0.4, -0.2) is 41.4 Å². The molecule has 1 amide bonds. The zero-order chi connectivity index (χ0) is 11.0. The van der Waals surface area contributed by atoms with Crippen molar-refractivity contribution in [1.29, 1.82) is 0 Å². The van der Waals surface area contributed by atoms with Gasteiger partial charge in [-0.25, -0.2) is 0 Å². The molecule has 0 aromatic carbocycles. The largest absolute Gasteiger partial charge is 0.371 e. The van der Waals surface area contributed by atoms with E-state index in [2.05, 4.69) is 22.9 Å². The SMILES string of the molecule is CC1CN(C(=O)C2CC2C)CC(CBr)O1. The molecule has 1 saturated carbocycles. The average Bonchev–Trinajstić information content (AvgIpc) is 2.93. The Balaban J connectivity index is 1.93. The summed E-state index contributed by atoms with van der Waals surface area (Å²) in [6.45, 7) is 5.68. The standard InChI is InChI=1S/C11H18BrNO2/c1-7-3-10(7)11(14)13-5-8(2)15-9(4-12)6-13/h7-10H,3-6H2,1-2H3. The van der Waals surface area contributed by atoms with Crippen molar-refractivity contribution >= 4 is 21.8 Å². The fraction of sp³-hybridized carbons (Fsp3) is 0.909. The van der Waals surface area contributed by atoms with Crippen molar-refractivity contribution in [3.63, 3.8) is 0 Å². The van der Waals surface area contributed by atoms with Gasteiger partial charge in [0.05, 0.1) is 12.2 Å². The van der Waals surface area contributed by atoms with E-state index in [0.29, 0.717) is 17.7 Å². The van der Waals surface area contributed by atoms with Crippen LogP contribution < -0.4 is 0 Å². The summed E-state index contributed by atoms with van der Waals surface area (Å²) in [5.41, 5.74) is 0. The fourth-order valence-electron chi connectivity index (χ4n) is 2.21. The smallest absolute Gasteiger partial charge is 0.226 e. The molecule has 2 fully saturated rings. The third-order valence-electron chi connectivity index (χ3n) is 3.24. The Morgan fingerprint density at radius 3 is 2.67 bits per heavy atom. The molecule has 2 aliphatic rings. The molecule has 86 valence electrons. The molecule has 0 bridgehead atoms. The molecular formula is C11H18BrNO2. The number of rotatable bonds is 2. The average molecular weight is 276 g/mol. The molecule has 0 aromatic rings. The topological polar surface area (TPSA) is 29.5 Å². The normalized spacial score (nSPS) is 40.3. The summed E-state index contributed by atoms with van der Waals surface area (Å²) < 4.78 is 5.70. The van der Waals surface area contributed by atoms with Crippen LogP contribution in [-0.2, 0) is 9.53 Å². The second-order valence-corrected chi connectivity index (χ2v) is 5.43. The van der Waals surface area contributed by atoms with Crippen molar-refractivity contribution in [1.82, 2.24) is 4.90 Å². The molecule has 0 aromatic heterocycles. The van der Waals surface area contributed by atoms with Crippen molar-refractivity contribution < 1.29 is 9.53 Å². The minimum absolute atomic E-state index is 0.159. The van der Waals surface area contributed by atoms with Crippen LogP contribution in [0.25, 0.3) is 0 Å². The van der Waals surface area contributed by atoms with Gasteiger partial charge in [0.15, 0.2) is 0 Å². The highest BCUT2D eigenvalue weighted by atomic mass is 79.9. The predicted octanol–water partition coefficient (Wildman–Crippen LogP) is 1.65. The molecule has 0 spiro atoms. The van der Waals surface area contributed by atoms with Gasteiger partial charge < -0.3 is 9.64 Å². The number of carbonyl (C=O) groups excluding carboxylic acids is 1. The molecule has 4 unspecified atom stereocenters. The maximum absolute atomic E-state index is 12.0. The van der Waals surface area contributed by atoms with Gasteiger partial charge in [-0.2, -0.15) is 0 Å². The Labute approximate surface area is 99.3 Å². The fourth-order valence-corrected chi connectivity index (χ4v) is 2.57. The number of halogens is 1. The van der Waals surface area contributed by atoms with Gasteiger partial charge in [-0.3, -0.25) is 4.79 Å². The number of alkyl halides is 1. The molecule has 0 radical (unpaired) electrons. The summed E-state index contributed by atoms with van der Waals surface area (Å²) in [4.78, 5) is 14.0. The van der Waals surface area contributed by atoms with E-state index in [4.69, 9.17) is 4.74 Å². The van der Waals surface area contributed by atoms with Gasteiger partial charge in [0, 0.05) is 24.3 Å². The zero-order valence-corrected chi connectivity index (χ0v) is 10.9. The number of carbonyl (C=O) groups is 1. The van der Waals surface area contributed by atoms with Crippen molar-refractivity contribution in [2.75, 3.05) is 18.4 Å². The summed E-state index contributed by atoms with van der Waals surface area (Å²) in [6, 6.07) is 0. The van der Waals surface area contributed by atoms with E-state index < -0.39 is 0 Å². The number of ether oxygens (including phenoxy) is 1. The highest BCUT2D eigenvalue weighted by Crippen LogP contribution is 2.39. The molecule has 3 nitrogen and oxygen atoms in total. The first-order chi connectivity index (χ1) is 7.11. The van der Waals surface area contributed by atoms with Gasteiger partial charge in [0.25, 0.3) is 0 Å². The summed E-state index contributed by atoms with van der Waals surface area (Å²) in [7, 11) is 0. The second-order valence-electron chi connectivity index (χ2n) is 4.79. The van der Waals surface area contributed by atoms with Crippen LogP contribution in [0.15, 0.2) is 0 Å². The van der Waals surface area contributed by atoms with Crippen LogP contribution in [0, 0.1) is 11.8 Å². The van der Waals surface area contributed by atoms with E-state index in [1.54, 1.807) is 0 Å². The third kappa shape index (κ3) is 2.53. The van der Waals surface area contributed by atoms with E-state index in [0.717, 1.165) is 24.8 Å². The lowest BCUT2D eigenvalue weighted by Crippen LogP contribution is -2.50.